The van der Waals surface area contributed by atoms with Gasteiger partial charge in [-0.1, -0.05) is 11.6 Å². The van der Waals surface area contributed by atoms with Gasteiger partial charge in [0.05, 0.1) is 17.0 Å². The second kappa shape index (κ2) is 6.71. The summed E-state index contributed by atoms with van der Waals surface area (Å²) in [5.41, 5.74) is 1.79. The molecule has 2 aromatic rings. The minimum Gasteiger partial charge on any atom is -0.380 e. The first-order valence-electron chi connectivity index (χ1n) is 9.10. The molecule has 0 aliphatic carbocycles. The zero-order valence-electron chi connectivity index (χ0n) is 15.2. The first-order valence-corrected chi connectivity index (χ1v) is 9.48. The Bertz CT molecular complexity index is 833. The van der Waals surface area contributed by atoms with Gasteiger partial charge in [-0.2, -0.15) is 0 Å². The van der Waals surface area contributed by atoms with Gasteiger partial charge in [-0.3, -0.25) is 9.78 Å². The second-order valence-corrected chi connectivity index (χ2v) is 7.94. The quantitative estimate of drug-likeness (QED) is 0.809. The summed E-state index contributed by atoms with van der Waals surface area (Å²) >= 11 is 6.10. The molecule has 26 heavy (non-hydrogen) atoms. The van der Waals surface area contributed by atoms with E-state index in [9.17, 15) is 4.79 Å². The summed E-state index contributed by atoms with van der Waals surface area (Å²) in [6.07, 6.45) is 4.50. The number of halogens is 1. The van der Waals surface area contributed by atoms with Crippen molar-refractivity contribution in [1.29, 1.82) is 0 Å². The number of hydrogen-bond acceptors (Lipinski definition) is 4. The van der Waals surface area contributed by atoms with E-state index in [2.05, 4.69) is 16.0 Å². The summed E-state index contributed by atoms with van der Waals surface area (Å²) in [4.78, 5) is 21.5. The number of carbonyl (C=O) groups is 1. The zero-order valence-corrected chi connectivity index (χ0v) is 16.0. The lowest BCUT2D eigenvalue weighted by Crippen LogP contribution is -2.56. The molecule has 2 fully saturated rings. The maximum Gasteiger partial charge on any atom is 0.228 e. The molecule has 1 amide bonds. The van der Waals surface area contributed by atoms with Crippen LogP contribution in [0.25, 0.3) is 10.9 Å². The number of carbonyl (C=O) groups excluding carboxylic acids is 1. The van der Waals surface area contributed by atoms with Gasteiger partial charge in [0.25, 0.3) is 0 Å². The number of hydrogen-bond donors (Lipinski definition) is 0. The van der Waals surface area contributed by atoms with Crippen LogP contribution < -0.4 is 4.90 Å². The molecule has 138 valence electrons. The number of pyridine rings is 1. The van der Waals surface area contributed by atoms with Crippen LogP contribution in [0.5, 0.6) is 0 Å². The van der Waals surface area contributed by atoms with Crippen LogP contribution in [0.3, 0.4) is 0 Å². The number of amides is 1. The van der Waals surface area contributed by atoms with Gasteiger partial charge in [0.2, 0.25) is 5.91 Å². The first kappa shape index (κ1) is 17.6. The highest BCUT2D eigenvalue weighted by atomic mass is 35.5. The van der Waals surface area contributed by atoms with Crippen molar-refractivity contribution < 1.29 is 9.53 Å². The van der Waals surface area contributed by atoms with Crippen molar-refractivity contribution in [1.82, 2.24) is 9.88 Å². The normalized spacial score (nSPS) is 23.0. The van der Waals surface area contributed by atoms with Crippen molar-refractivity contribution in [2.75, 3.05) is 38.7 Å². The molecule has 0 radical (unpaired) electrons. The third-order valence-corrected chi connectivity index (χ3v) is 6.21. The van der Waals surface area contributed by atoms with Crippen molar-refractivity contribution in [2.24, 2.45) is 5.41 Å². The minimum atomic E-state index is -0.281. The molecule has 2 saturated heterocycles. The van der Waals surface area contributed by atoms with E-state index < -0.39 is 0 Å². The lowest BCUT2D eigenvalue weighted by atomic mass is 9.71. The van der Waals surface area contributed by atoms with Crippen LogP contribution in [0.1, 0.15) is 19.3 Å². The van der Waals surface area contributed by atoms with E-state index in [-0.39, 0.29) is 17.4 Å². The number of ether oxygens (including phenoxy) is 1. The van der Waals surface area contributed by atoms with Gasteiger partial charge in [-0.15, -0.1) is 0 Å². The van der Waals surface area contributed by atoms with Gasteiger partial charge >= 0.3 is 0 Å². The summed E-state index contributed by atoms with van der Waals surface area (Å²) in [5.74, 6) is 0.275. The van der Waals surface area contributed by atoms with Crippen LogP contribution >= 0.6 is 11.6 Å². The Morgan fingerprint density at radius 3 is 2.77 bits per heavy atom. The molecule has 0 bridgehead atoms. The van der Waals surface area contributed by atoms with E-state index in [0.717, 1.165) is 43.3 Å². The first-order chi connectivity index (χ1) is 12.5. The number of fused-ring (bicyclic) bond motifs is 1. The van der Waals surface area contributed by atoms with Crippen molar-refractivity contribution in [2.45, 2.75) is 25.4 Å². The number of aromatic nitrogens is 1. The predicted octanol–water partition coefficient (Wildman–Crippen LogP) is 3.35. The number of piperidine rings is 2. The highest BCUT2D eigenvalue weighted by molar-refractivity contribution is 6.31. The van der Waals surface area contributed by atoms with Crippen LogP contribution in [-0.2, 0) is 9.53 Å². The van der Waals surface area contributed by atoms with Crippen LogP contribution in [0.4, 0.5) is 5.69 Å². The van der Waals surface area contributed by atoms with Gasteiger partial charge in [0.15, 0.2) is 0 Å². The van der Waals surface area contributed by atoms with Crippen LogP contribution in [0, 0.1) is 5.41 Å². The van der Waals surface area contributed by atoms with E-state index in [1.165, 1.54) is 5.69 Å². The fourth-order valence-electron chi connectivity index (χ4n) is 4.51. The van der Waals surface area contributed by atoms with Gasteiger partial charge in [0, 0.05) is 56.1 Å². The molecule has 1 spiro atoms. The Morgan fingerprint density at radius 2 is 2.04 bits per heavy atom. The van der Waals surface area contributed by atoms with Crippen molar-refractivity contribution in [3.05, 3.63) is 35.5 Å². The summed E-state index contributed by atoms with van der Waals surface area (Å²) in [6.45, 7) is 2.41. The number of likely N-dealkylation sites (N-methyl/N-ethyl adjacent to an activating group) is 1. The average Bonchev–Trinajstić information content (AvgIpc) is 2.65. The van der Waals surface area contributed by atoms with E-state index in [1.54, 1.807) is 7.11 Å². The van der Waals surface area contributed by atoms with Gasteiger partial charge in [-0.05, 0) is 43.5 Å². The Hall–Kier alpha value is -1.85. The topological polar surface area (TPSA) is 45.7 Å². The highest BCUT2D eigenvalue weighted by Crippen LogP contribution is 2.43. The molecule has 6 heteroatoms. The molecule has 1 unspecified atom stereocenters. The molecule has 4 rings (SSSR count). The Kier molecular flexibility index (Phi) is 4.53. The van der Waals surface area contributed by atoms with E-state index in [1.807, 2.05) is 36.3 Å². The molecular formula is C20H24ClN3O2. The smallest absolute Gasteiger partial charge is 0.228 e. The summed E-state index contributed by atoms with van der Waals surface area (Å²) in [7, 11) is 3.63. The monoisotopic (exact) mass is 373 g/mol. The molecule has 0 N–H and O–H groups in total. The zero-order chi connectivity index (χ0) is 18.3. The molecule has 2 aliphatic rings. The number of nitrogens with zero attached hydrogens (tertiary/aromatic N) is 3. The number of methoxy groups -OCH3 is 1. The van der Waals surface area contributed by atoms with Gasteiger partial charge in [0.1, 0.15) is 0 Å². The van der Waals surface area contributed by atoms with Gasteiger partial charge < -0.3 is 14.5 Å². The van der Waals surface area contributed by atoms with Crippen molar-refractivity contribution in [3.63, 3.8) is 0 Å². The number of anilines is 1. The summed E-state index contributed by atoms with van der Waals surface area (Å²) < 4.78 is 5.59. The fourth-order valence-corrected chi connectivity index (χ4v) is 4.68. The molecule has 1 aromatic heterocycles. The number of likely N-dealkylation sites (tertiary alicyclic amines) is 1. The highest BCUT2D eigenvalue weighted by Gasteiger charge is 2.48. The molecular weight excluding hydrogens is 350 g/mol. The Labute approximate surface area is 158 Å². The van der Waals surface area contributed by atoms with Crippen LogP contribution in [-0.4, -0.2) is 55.7 Å². The molecule has 1 aromatic carbocycles. The van der Waals surface area contributed by atoms with E-state index >= 15 is 0 Å². The van der Waals surface area contributed by atoms with Crippen LogP contribution in [0.2, 0.25) is 5.02 Å². The van der Waals surface area contributed by atoms with Crippen molar-refractivity contribution in [3.8, 4) is 0 Å². The Balaban J connectivity index is 1.58. The van der Waals surface area contributed by atoms with E-state index in [0.29, 0.717) is 11.6 Å². The standard InChI is InChI=1S/C20H24ClN3O2/c1-23-13-15(26-2)12-20(19(23)25)6-9-24(10-7-20)18-5-8-22-17-11-14(21)3-4-16(17)18/h3-5,8,11,15H,6-7,9-10,12-13H2,1-2H3. The third kappa shape index (κ3) is 2.93. The Morgan fingerprint density at radius 1 is 1.27 bits per heavy atom. The van der Waals surface area contributed by atoms with E-state index in [4.69, 9.17) is 16.3 Å². The average molecular weight is 374 g/mol. The summed E-state index contributed by atoms with van der Waals surface area (Å²) in [6, 6.07) is 7.89. The predicted molar refractivity (Wildman–Crippen MR) is 104 cm³/mol. The molecule has 0 saturated carbocycles. The maximum absolute atomic E-state index is 12.9. The van der Waals surface area contributed by atoms with Crippen LogP contribution in [0.15, 0.2) is 30.5 Å². The van der Waals surface area contributed by atoms with Crippen molar-refractivity contribution >= 4 is 34.1 Å². The van der Waals surface area contributed by atoms with Gasteiger partial charge in [-0.25, -0.2) is 0 Å². The number of rotatable bonds is 2. The second-order valence-electron chi connectivity index (χ2n) is 7.51. The molecule has 5 nitrogen and oxygen atoms in total. The molecule has 1 atom stereocenters. The lowest BCUT2D eigenvalue weighted by molar-refractivity contribution is -0.153. The summed E-state index contributed by atoms with van der Waals surface area (Å²) in [5, 5.41) is 1.80. The largest absolute Gasteiger partial charge is 0.380 e. The maximum atomic E-state index is 12.9. The SMILES string of the molecule is COC1CN(C)C(=O)C2(CCN(c3ccnc4cc(Cl)ccc34)CC2)C1. The number of benzene rings is 1. The minimum absolute atomic E-state index is 0.133. The lowest BCUT2D eigenvalue weighted by Gasteiger charge is -2.48. The third-order valence-electron chi connectivity index (χ3n) is 5.97. The molecule has 3 heterocycles. The molecule has 2 aliphatic heterocycles. The fraction of sp³-hybridized carbons (Fsp3) is 0.500.